The van der Waals surface area contributed by atoms with Gasteiger partial charge in [0.05, 0.1) is 17.6 Å². The van der Waals surface area contributed by atoms with E-state index in [4.69, 9.17) is 0 Å². The molecule has 0 spiro atoms. The molecule has 0 fully saturated rings. The van der Waals surface area contributed by atoms with Gasteiger partial charge < -0.3 is 9.88 Å². The van der Waals surface area contributed by atoms with E-state index in [-0.39, 0.29) is 11.9 Å². The molecule has 4 rings (SSSR count). The summed E-state index contributed by atoms with van der Waals surface area (Å²) >= 11 is 0. The summed E-state index contributed by atoms with van der Waals surface area (Å²) in [6.07, 6.45) is 5.28. The first-order chi connectivity index (χ1) is 11.7. The van der Waals surface area contributed by atoms with Crippen LogP contribution in [-0.2, 0) is 13.0 Å². The molecule has 0 aliphatic carbocycles. The number of fused-ring (bicyclic) bond motifs is 1. The largest absolute Gasteiger partial charge is 0.346 e. The second kappa shape index (κ2) is 5.92. The fraction of sp³-hybridized carbons (Fsp3) is 0.294. The van der Waals surface area contributed by atoms with Crippen molar-refractivity contribution in [2.45, 2.75) is 32.4 Å². The van der Waals surface area contributed by atoms with Crippen molar-refractivity contribution in [3.8, 4) is 5.69 Å². The highest BCUT2D eigenvalue weighted by Gasteiger charge is 2.22. The zero-order valence-corrected chi connectivity index (χ0v) is 13.4. The predicted molar refractivity (Wildman–Crippen MR) is 87.9 cm³/mol. The van der Waals surface area contributed by atoms with Crippen molar-refractivity contribution in [2.24, 2.45) is 0 Å². The van der Waals surface area contributed by atoms with Crippen LogP contribution in [-0.4, -0.2) is 36.5 Å². The molecule has 0 bridgehead atoms. The van der Waals surface area contributed by atoms with E-state index in [1.165, 1.54) is 11.0 Å². The summed E-state index contributed by atoms with van der Waals surface area (Å²) in [5.41, 5.74) is 2.17. The number of aryl methyl sites for hydroxylation is 2. The van der Waals surface area contributed by atoms with Gasteiger partial charge in [0.1, 0.15) is 5.82 Å². The summed E-state index contributed by atoms with van der Waals surface area (Å²) in [7, 11) is 0. The zero-order valence-electron chi connectivity index (χ0n) is 13.4. The minimum Gasteiger partial charge on any atom is -0.346 e. The van der Waals surface area contributed by atoms with Crippen LogP contribution in [0.2, 0.25) is 0 Å². The molecule has 1 aliphatic rings. The molecular formula is C17H18N6O. The van der Waals surface area contributed by atoms with Gasteiger partial charge in [0, 0.05) is 25.2 Å². The van der Waals surface area contributed by atoms with Crippen LogP contribution in [0.1, 0.15) is 28.4 Å². The summed E-state index contributed by atoms with van der Waals surface area (Å²) in [6.45, 7) is 2.73. The summed E-state index contributed by atoms with van der Waals surface area (Å²) in [4.78, 5) is 18.4. The third kappa shape index (κ3) is 2.80. The number of benzene rings is 1. The van der Waals surface area contributed by atoms with Gasteiger partial charge in [0.2, 0.25) is 0 Å². The molecule has 122 valence electrons. The first-order valence-electron chi connectivity index (χ1n) is 8.00. The maximum absolute atomic E-state index is 12.4. The topological polar surface area (TPSA) is 77.6 Å². The van der Waals surface area contributed by atoms with Crippen molar-refractivity contribution in [1.82, 2.24) is 29.9 Å². The summed E-state index contributed by atoms with van der Waals surface area (Å²) in [5, 5.41) is 11.5. The van der Waals surface area contributed by atoms with Crippen LogP contribution < -0.4 is 5.32 Å². The SMILES string of the molecule is Cc1cn2c(n1)CCC(NC(=O)c1cnn(-c3ccccc3)n1)C2. The Kier molecular flexibility index (Phi) is 3.60. The van der Waals surface area contributed by atoms with Crippen LogP contribution in [0, 0.1) is 6.92 Å². The number of aromatic nitrogens is 5. The number of carbonyl (C=O) groups excluding carboxylic acids is 1. The standard InChI is InChI=1S/C17H18N6O/c1-12-10-22-11-13(7-8-16(22)19-12)20-17(24)15-9-18-23(21-15)14-5-3-2-4-6-14/h2-6,9-10,13H,7-8,11H2,1H3,(H,20,24). The van der Waals surface area contributed by atoms with Gasteiger partial charge in [-0.1, -0.05) is 18.2 Å². The van der Waals surface area contributed by atoms with Gasteiger partial charge in [-0.05, 0) is 25.5 Å². The van der Waals surface area contributed by atoms with Crippen molar-refractivity contribution in [3.05, 3.63) is 59.9 Å². The van der Waals surface area contributed by atoms with Gasteiger partial charge in [-0.3, -0.25) is 4.79 Å². The number of imidazole rings is 1. The first-order valence-corrected chi connectivity index (χ1v) is 8.00. The lowest BCUT2D eigenvalue weighted by Crippen LogP contribution is -2.41. The Labute approximate surface area is 139 Å². The molecule has 1 aliphatic heterocycles. The number of amides is 1. The molecule has 7 nitrogen and oxygen atoms in total. The number of nitrogens with zero attached hydrogens (tertiary/aromatic N) is 5. The van der Waals surface area contributed by atoms with Crippen molar-refractivity contribution in [3.63, 3.8) is 0 Å². The Morgan fingerprint density at radius 1 is 1.29 bits per heavy atom. The molecule has 0 saturated heterocycles. The molecule has 1 N–H and O–H groups in total. The second-order valence-electron chi connectivity index (χ2n) is 6.01. The molecule has 24 heavy (non-hydrogen) atoms. The van der Waals surface area contributed by atoms with Crippen molar-refractivity contribution in [1.29, 1.82) is 0 Å². The number of hydrogen-bond acceptors (Lipinski definition) is 4. The van der Waals surface area contributed by atoms with E-state index in [1.54, 1.807) is 0 Å². The number of nitrogens with one attached hydrogen (secondary N) is 1. The van der Waals surface area contributed by atoms with Crippen molar-refractivity contribution >= 4 is 5.91 Å². The third-order valence-electron chi connectivity index (χ3n) is 4.16. The molecule has 1 amide bonds. The molecule has 3 heterocycles. The van der Waals surface area contributed by atoms with Gasteiger partial charge in [-0.2, -0.15) is 9.90 Å². The van der Waals surface area contributed by atoms with Crippen LogP contribution in [0.5, 0.6) is 0 Å². The summed E-state index contributed by atoms with van der Waals surface area (Å²) < 4.78 is 2.12. The van der Waals surface area contributed by atoms with Crippen LogP contribution in [0.4, 0.5) is 0 Å². The fourth-order valence-corrected chi connectivity index (χ4v) is 3.02. The molecule has 2 aromatic heterocycles. The van der Waals surface area contributed by atoms with Crippen LogP contribution in [0.3, 0.4) is 0 Å². The third-order valence-corrected chi connectivity index (χ3v) is 4.16. The maximum atomic E-state index is 12.4. The van der Waals surface area contributed by atoms with Crippen LogP contribution in [0.25, 0.3) is 5.69 Å². The molecular weight excluding hydrogens is 304 g/mol. The normalized spacial score (nSPS) is 16.6. The first kappa shape index (κ1) is 14.6. The highest BCUT2D eigenvalue weighted by molar-refractivity contribution is 5.92. The van der Waals surface area contributed by atoms with E-state index >= 15 is 0 Å². The number of rotatable bonds is 3. The van der Waals surface area contributed by atoms with Gasteiger partial charge in [-0.25, -0.2) is 4.98 Å². The second-order valence-corrected chi connectivity index (χ2v) is 6.01. The Hall–Kier alpha value is -2.96. The maximum Gasteiger partial charge on any atom is 0.273 e. The van der Waals surface area contributed by atoms with Gasteiger partial charge in [0.25, 0.3) is 5.91 Å². The van der Waals surface area contributed by atoms with Crippen LogP contribution >= 0.6 is 0 Å². The van der Waals surface area contributed by atoms with E-state index in [1.807, 2.05) is 43.5 Å². The van der Waals surface area contributed by atoms with Crippen molar-refractivity contribution < 1.29 is 4.79 Å². The average Bonchev–Trinajstić information content (AvgIpc) is 3.21. The smallest absolute Gasteiger partial charge is 0.273 e. The average molecular weight is 322 g/mol. The predicted octanol–water partition coefficient (Wildman–Crippen LogP) is 1.52. The Morgan fingerprint density at radius 3 is 2.96 bits per heavy atom. The molecule has 7 heteroatoms. The highest BCUT2D eigenvalue weighted by Crippen LogP contribution is 2.15. The van der Waals surface area contributed by atoms with Gasteiger partial charge >= 0.3 is 0 Å². The summed E-state index contributed by atoms with van der Waals surface area (Å²) in [5.74, 6) is 0.899. The van der Waals surface area contributed by atoms with E-state index in [0.29, 0.717) is 5.69 Å². The Morgan fingerprint density at radius 2 is 2.12 bits per heavy atom. The molecule has 1 aromatic carbocycles. The van der Waals surface area contributed by atoms with E-state index in [2.05, 4.69) is 25.1 Å². The lowest BCUT2D eigenvalue weighted by molar-refractivity contribution is 0.0922. The van der Waals surface area contributed by atoms with Gasteiger partial charge in [-0.15, -0.1) is 5.10 Å². The van der Waals surface area contributed by atoms with Crippen LogP contribution in [0.15, 0.2) is 42.7 Å². The van der Waals surface area contributed by atoms with E-state index < -0.39 is 0 Å². The van der Waals surface area contributed by atoms with Gasteiger partial charge in [0.15, 0.2) is 5.69 Å². The minimum atomic E-state index is -0.192. The summed E-state index contributed by atoms with van der Waals surface area (Å²) in [6, 6.07) is 9.62. The van der Waals surface area contributed by atoms with E-state index in [0.717, 1.165) is 36.6 Å². The number of hydrogen-bond donors (Lipinski definition) is 1. The molecule has 0 radical (unpaired) electrons. The number of carbonyl (C=O) groups is 1. The fourth-order valence-electron chi connectivity index (χ4n) is 3.02. The molecule has 0 saturated carbocycles. The zero-order chi connectivity index (χ0) is 16.5. The van der Waals surface area contributed by atoms with Crippen molar-refractivity contribution in [2.75, 3.05) is 0 Å². The Bertz CT molecular complexity index is 866. The molecule has 1 atom stereocenters. The quantitative estimate of drug-likeness (QED) is 0.793. The molecule has 3 aromatic rings. The minimum absolute atomic E-state index is 0.0838. The molecule has 1 unspecified atom stereocenters. The Balaban J connectivity index is 1.45. The highest BCUT2D eigenvalue weighted by atomic mass is 16.2. The number of para-hydroxylation sites is 1. The van der Waals surface area contributed by atoms with E-state index in [9.17, 15) is 4.79 Å². The lowest BCUT2D eigenvalue weighted by Gasteiger charge is -2.24. The lowest BCUT2D eigenvalue weighted by atomic mass is 10.1. The monoisotopic (exact) mass is 322 g/mol.